The number of nitrogens with zero attached hydrogens (tertiary/aromatic N) is 4. The molecule has 4 rings (SSSR count). The second-order valence-electron chi connectivity index (χ2n) is 7.12. The number of amides is 1. The Morgan fingerprint density at radius 1 is 0.903 bits per heavy atom. The second-order valence-corrected chi connectivity index (χ2v) is 7.55. The fourth-order valence-electron chi connectivity index (χ4n) is 3.36. The van der Waals surface area contributed by atoms with E-state index in [4.69, 9.17) is 21.1 Å². The number of ether oxygens (including phenoxy) is 2. The van der Waals surface area contributed by atoms with Gasteiger partial charge in [-0.05, 0) is 48.5 Å². The summed E-state index contributed by atoms with van der Waals surface area (Å²) in [6.07, 6.45) is 0. The van der Waals surface area contributed by atoms with E-state index in [1.807, 2.05) is 41.3 Å². The molecule has 3 aromatic rings. The van der Waals surface area contributed by atoms with E-state index in [-0.39, 0.29) is 12.5 Å². The fourth-order valence-corrected chi connectivity index (χ4v) is 3.49. The van der Waals surface area contributed by atoms with Crippen LogP contribution in [0.4, 0.5) is 5.82 Å². The van der Waals surface area contributed by atoms with Crippen molar-refractivity contribution in [3.63, 3.8) is 0 Å². The zero-order valence-electron chi connectivity index (χ0n) is 17.2. The van der Waals surface area contributed by atoms with Gasteiger partial charge in [0.1, 0.15) is 11.5 Å². The molecule has 0 N–H and O–H groups in total. The van der Waals surface area contributed by atoms with E-state index in [0.29, 0.717) is 37.0 Å². The zero-order valence-corrected chi connectivity index (χ0v) is 18.0. The summed E-state index contributed by atoms with van der Waals surface area (Å²) in [7, 11) is 1.61. The molecular formula is C23H23ClN4O3. The molecule has 2 heterocycles. The summed E-state index contributed by atoms with van der Waals surface area (Å²) < 4.78 is 10.7. The predicted molar refractivity (Wildman–Crippen MR) is 120 cm³/mol. The number of carbonyl (C=O) groups excluding carboxylic acids is 1. The van der Waals surface area contributed by atoms with E-state index in [9.17, 15) is 4.79 Å². The zero-order chi connectivity index (χ0) is 21.6. The first-order chi connectivity index (χ1) is 15.1. The summed E-state index contributed by atoms with van der Waals surface area (Å²) in [4.78, 5) is 16.4. The van der Waals surface area contributed by atoms with Gasteiger partial charge in [0.25, 0.3) is 5.91 Å². The van der Waals surface area contributed by atoms with Crippen LogP contribution in [0.2, 0.25) is 5.02 Å². The quantitative estimate of drug-likeness (QED) is 0.586. The minimum Gasteiger partial charge on any atom is -0.497 e. The van der Waals surface area contributed by atoms with E-state index in [1.165, 1.54) is 0 Å². The molecule has 0 atom stereocenters. The van der Waals surface area contributed by atoms with Crippen molar-refractivity contribution in [2.75, 3.05) is 44.8 Å². The standard InChI is InChI=1S/C23H23ClN4O3/c1-30-19-6-8-20(9-7-19)31-16-23(29)28-14-12-27(13-15-28)22-11-10-21(25-26-22)17-2-4-18(24)5-3-17/h2-11H,12-16H2,1H3. The fraction of sp³-hybridized carbons (Fsp3) is 0.261. The number of anilines is 1. The van der Waals surface area contributed by atoms with E-state index in [0.717, 1.165) is 22.8 Å². The van der Waals surface area contributed by atoms with Crippen LogP contribution < -0.4 is 14.4 Å². The van der Waals surface area contributed by atoms with Crippen molar-refractivity contribution in [2.45, 2.75) is 0 Å². The lowest BCUT2D eigenvalue weighted by Gasteiger charge is -2.35. The van der Waals surface area contributed by atoms with Crippen LogP contribution in [-0.2, 0) is 4.79 Å². The van der Waals surface area contributed by atoms with E-state index in [2.05, 4.69) is 15.1 Å². The lowest BCUT2D eigenvalue weighted by molar-refractivity contribution is -0.133. The van der Waals surface area contributed by atoms with Gasteiger partial charge in [0.05, 0.1) is 12.8 Å². The van der Waals surface area contributed by atoms with Crippen LogP contribution in [-0.4, -0.2) is 60.9 Å². The molecular weight excluding hydrogens is 416 g/mol. The van der Waals surface area contributed by atoms with Crippen LogP contribution in [0.5, 0.6) is 11.5 Å². The second kappa shape index (κ2) is 9.66. The molecule has 1 aliphatic rings. The number of halogens is 1. The molecule has 1 saturated heterocycles. The minimum atomic E-state index is -0.0281. The Hall–Kier alpha value is -3.32. The monoisotopic (exact) mass is 438 g/mol. The molecule has 160 valence electrons. The highest BCUT2D eigenvalue weighted by Gasteiger charge is 2.22. The first-order valence-corrected chi connectivity index (χ1v) is 10.4. The smallest absolute Gasteiger partial charge is 0.260 e. The van der Waals surface area contributed by atoms with Crippen LogP contribution in [0.1, 0.15) is 0 Å². The number of benzene rings is 2. The molecule has 7 nitrogen and oxygen atoms in total. The molecule has 0 bridgehead atoms. The molecule has 8 heteroatoms. The maximum Gasteiger partial charge on any atom is 0.260 e. The SMILES string of the molecule is COc1ccc(OCC(=O)N2CCN(c3ccc(-c4ccc(Cl)cc4)nn3)CC2)cc1. The van der Waals surface area contributed by atoms with Crippen molar-refractivity contribution in [3.05, 3.63) is 65.7 Å². The van der Waals surface area contributed by atoms with Gasteiger partial charge in [0.15, 0.2) is 12.4 Å². The lowest BCUT2D eigenvalue weighted by Crippen LogP contribution is -2.50. The summed E-state index contributed by atoms with van der Waals surface area (Å²) in [6, 6.07) is 18.6. The Kier molecular flexibility index (Phi) is 6.52. The molecule has 1 aliphatic heterocycles. The third-order valence-electron chi connectivity index (χ3n) is 5.17. The maximum absolute atomic E-state index is 12.5. The van der Waals surface area contributed by atoms with Crippen molar-refractivity contribution in [1.29, 1.82) is 0 Å². The molecule has 1 fully saturated rings. The van der Waals surface area contributed by atoms with Crippen molar-refractivity contribution in [3.8, 4) is 22.8 Å². The third-order valence-corrected chi connectivity index (χ3v) is 5.42. The van der Waals surface area contributed by atoms with Gasteiger partial charge in [-0.3, -0.25) is 4.79 Å². The molecule has 0 aliphatic carbocycles. The maximum atomic E-state index is 12.5. The van der Waals surface area contributed by atoms with E-state index >= 15 is 0 Å². The van der Waals surface area contributed by atoms with Crippen molar-refractivity contribution in [1.82, 2.24) is 15.1 Å². The average molecular weight is 439 g/mol. The Bertz CT molecular complexity index is 1000. The number of hydrogen-bond acceptors (Lipinski definition) is 6. The molecule has 2 aromatic carbocycles. The van der Waals surface area contributed by atoms with Crippen molar-refractivity contribution < 1.29 is 14.3 Å². The minimum absolute atomic E-state index is 0.0158. The van der Waals surface area contributed by atoms with Gasteiger partial charge in [0, 0.05) is 36.8 Å². The van der Waals surface area contributed by atoms with Gasteiger partial charge in [-0.15, -0.1) is 10.2 Å². The van der Waals surface area contributed by atoms with Gasteiger partial charge in [-0.1, -0.05) is 23.7 Å². The first kappa shape index (κ1) is 20.9. The Labute approximate surface area is 186 Å². The van der Waals surface area contributed by atoms with Crippen molar-refractivity contribution >= 4 is 23.3 Å². The van der Waals surface area contributed by atoms with Crippen LogP contribution in [0.15, 0.2) is 60.7 Å². The number of carbonyl (C=O) groups is 1. The van der Waals surface area contributed by atoms with Gasteiger partial charge < -0.3 is 19.3 Å². The largest absolute Gasteiger partial charge is 0.497 e. The number of rotatable bonds is 6. The highest BCUT2D eigenvalue weighted by Crippen LogP contribution is 2.21. The number of hydrogen-bond donors (Lipinski definition) is 0. The lowest BCUT2D eigenvalue weighted by atomic mass is 10.1. The highest BCUT2D eigenvalue weighted by molar-refractivity contribution is 6.30. The van der Waals surface area contributed by atoms with Crippen LogP contribution >= 0.6 is 11.6 Å². The summed E-state index contributed by atoms with van der Waals surface area (Å²) >= 11 is 5.94. The normalized spacial score (nSPS) is 13.7. The molecule has 0 radical (unpaired) electrons. The summed E-state index contributed by atoms with van der Waals surface area (Å²) in [6.45, 7) is 2.64. The summed E-state index contributed by atoms with van der Waals surface area (Å²) in [5.74, 6) is 2.17. The van der Waals surface area contributed by atoms with Gasteiger partial charge >= 0.3 is 0 Å². The summed E-state index contributed by atoms with van der Waals surface area (Å²) in [5.41, 5.74) is 1.76. The van der Waals surface area contributed by atoms with Gasteiger partial charge in [-0.2, -0.15) is 0 Å². The van der Waals surface area contributed by atoms with Crippen LogP contribution in [0.3, 0.4) is 0 Å². The molecule has 0 spiro atoms. The number of piperazine rings is 1. The molecule has 0 saturated carbocycles. The number of methoxy groups -OCH3 is 1. The molecule has 1 amide bonds. The first-order valence-electron chi connectivity index (χ1n) is 10.0. The topological polar surface area (TPSA) is 67.8 Å². The average Bonchev–Trinajstić information content (AvgIpc) is 2.83. The molecule has 0 unspecified atom stereocenters. The van der Waals surface area contributed by atoms with E-state index < -0.39 is 0 Å². The van der Waals surface area contributed by atoms with Crippen molar-refractivity contribution in [2.24, 2.45) is 0 Å². The summed E-state index contributed by atoms with van der Waals surface area (Å²) in [5, 5.41) is 9.39. The van der Waals surface area contributed by atoms with Crippen LogP contribution in [0, 0.1) is 0 Å². The van der Waals surface area contributed by atoms with E-state index in [1.54, 1.807) is 31.4 Å². The number of aromatic nitrogens is 2. The van der Waals surface area contributed by atoms with Gasteiger partial charge in [-0.25, -0.2) is 0 Å². The molecule has 1 aromatic heterocycles. The third kappa shape index (κ3) is 5.24. The molecule has 31 heavy (non-hydrogen) atoms. The van der Waals surface area contributed by atoms with Gasteiger partial charge in [0.2, 0.25) is 0 Å². The Morgan fingerprint density at radius 2 is 1.58 bits per heavy atom. The predicted octanol–water partition coefficient (Wildman–Crippen LogP) is 3.53. The van der Waals surface area contributed by atoms with Crippen LogP contribution in [0.25, 0.3) is 11.3 Å². The Morgan fingerprint density at radius 3 is 2.19 bits per heavy atom. The highest BCUT2D eigenvalue weighted by atomic mass is 35.5. The Balaban J connectivity index is 1.27.